The number of amides is 2. The minimum atomic E-state index is -0.496. The minimum Gasteiger partial charge on any atom is -0.366 e. The first-order valence-electron chi connectivity index (χ1n) is 8.96. The van der Waals surface area contributed by atoms with Crippen LogP contribution in [0.25, 0.3) is 0 Å². The molecule has 2 heterocycles. The van der Waals surface area contributed by atoms with Crippen LogP contribution in [0.4, 0.5) is 0 Å². The highest BCUT2D eigenvalue weighted by Gasteiger charge is 2.26. The van der Waals surface area contributed by atoms with E-state index in [4.69, 9.17) is 5.73 Å². The van der Waals surface area contributed by atoms with Gasteiger partial charge in [0.05, 0.1) is 12.2 Å². The second-order valence-corrected chi connectivity index (χ2v) is 6.53. The van der Waals surface area contributed by atoms with E-state index >= 15 is 0 Å². The molecule has 0 aliphatic carbocycles. The van der Waals surface area contributed by atoms with Gasteiger partial charge in [0.15, 0.2) is 0 Å². The van der Waals surface area contributed by atoms with Crippen LogP contribution in [0.3, 0.4) is 0 Å². The summed E-state index contributed by atoms with van der Waals surface area (Å²) < 4.78 is 0. The van der Waals surface area contributed by atoms with Crippen LogP contribution in [-0.2, 0) is 6.54 Å². The molecule has 0 radical (unpaired) electrons. The third-order valence-corrected chi connectivity index (χ3v) is 4.72. The Morgan fingerprint density at radius 2 is 1.81 bits per heavy atom. The van der Waals surface area contributed by atoms with Gasteiger partial charge in [-0.15, -0.1) is 12.4 Å². The fraction of sp³-hybridized carbons (Fsp3) is 0.350. The molecule has 1 aliphatic heterocycles. The molecule has 1 saturated heterocycles. The van der Waals surface area contributed by atoms with Gasteiger partial charge in [-0.3, -0.25) is 14.6 Å². The molecule has 3 N–H and O–H groups in total. The molecule has 6 nitrogen and oxygen atoms in total. The van der Waals surface area contributed by atoms with Crippen LogP contribution in [0.5, 0.6) is 0 Å². The Morgan fingerprint density at radius 3 is 2.48 bits per heavy atom. The lowest BCUT2D eigenvalue weighted by atomic mass is 10.0. The summed E-state index contributed by atoms with van der Waals surface area (Å²) in [6.45, 7) is 2.36. The van der Waals surface area contributed by atoms with E-state index < -0.39 is 5.91 Å². The molecule has 3 rings (SSSR count). The number of nitrogens with one attached hydrogen (secondary N) is 1. The average molecular weight is 389 g/mol. The van der Waals surface area contributed by atoms with Gasteiger partial charge in [-0.05, 0) is 68.8 Å². The largest absolute Gasteiger partial charge is 0.366 e. The number of aromatic nitrogens is 1. The predicted octanol–water partition coefficient (Wildman–Crippen LogP) is 2.39. The predicted molar refractivity (Wildman–Crippen MR) is 107 cm³/mol. The third kappa shape index (κ3) is 5.52. The van der Waals surface area contributed by atoms with Crippen LogP contribution >= 0.6 is 12.4 Å². The molecule has 1 unspecified atom stereocenters. The number of nitrogens with zero attached hydrogens (tertiary/aromatic N) is 2. The van der Waals surface area contributed by atoms with Crippen LogP contribution in [0.1, 0.15) is 45.7 Å². The van der Waals surface area contributed by atoms with Crippen molar-refractivity contribution in [1.29, 1.82) is 0 Å². The maximum atomic E-state index is 13.2. The van der Waals surface area contributed by atoms with Crippen LogP contribution in [0.2, 0.25) is 0 Å². The molecule has 1 aromatic carbocycles. The average Bonchev–Trinajstić information content (AvgIpc) is 2.96. The standard InChI is InChI=1S/C20H24N4O2.ClH/c21-19(25)15-6-8-16(9-7-15)20(26)24(14-17-4-1-2-12-23-17)18-5-3-11-22-13-10-18;/h1-2,4,6-9,12,18,22H,3,5,10-11,13-14H2,(H2,21,25);1H. The zero-order valence-corrected chi connectivity index (χ0v) is 16.0. The number of carbonyl (C=O) groups is 2. The van der Waals surface area contributed by atoms with E-state index in [1.807, 2.05) is 23.1 Å². The molecular formula is C20H25ClN4O2. The van der Waals surface area contributed by atoms with Gasteiger partial charge in [-0.1, -0.05) is 6.07 Å². The minimum absolute atomic E-state index is 0. The summed E-state index contributed by atoms with van der Waals surface area (Å²) in [5.74, 6) is -0.539. The van der Waals surface area contributed by atoms with Gasteiger partial charge in [0.1, 0.15) is 0 Å². The Kier molecular flexibility index (Phi) is 7.76. The number of hydrogen-bond donors (Lipinski definition) is 2. The SMILES string of the molecule is Cl.NC(=O)c1ccc(C(=O)N(Cc2ccccn2)C2CCCNCC2)cc1. The van der Waals surface area contributed by atoms with Gasteiger partial charge < -0.3 is 16.0 Å². The number of nitrogens with two attached hydrogens (primary N) is 1. The molecule has 144 valence electrons. The monoisotopic (exact) mass is 388 g/mol. The number of primary amides is 1. The van der Waals surface area contributed by atoms with Gasteiger partial charge >= 0.3 is 0 Å². The first kappa shape index (κ1) is 20.9. The van der Waals surface area contributed by atoms with Crippen molar-refractivity contribution in [3.63, 3.8) is 0 Å². The van der Waals surface area contributed by atoms with Crippen LogP contribution in [-0.4, -0.2) is 40.8 Å². The van der Waals surface area contributed by atoms with Crippen LogP contribution < -0.4 is 11.1 Å². The van der Waals surface area contributed by atoms with Crippen molar-refractivity contribution in [2.45, 2.75) is 31.8 Å². The number of pyridine rings is 1. The van der Waals surface area contributed by atoms with Crippen LogP contribution in [0, 0.1) is 0 Å². The topological polar surface area (TPSA) is 88.3 Å². The number of halogens is 1. The van der Waals surface area contributed by atoms with Crippen molar-refractivity contribution >= 4 is 24.2 Å². The zero-order valence-electron chi connectivity index (χ0n) is 15.1. The summed E-state index contributed by atoms with van der Waals surface area (Å²) in [4.78, 5) is 30.7. The van der Waals surface area contributed by atoms with Crippen molar-refractivity contribution in [1.82, 2.24) is 15.2 Å². The lowest BCUT2D eigenvalue weighted by molar-refractivity contribution is 0.0642. The fourth-order valence-corrected chi connectivity index (χ4v) is 3.29. The number of carbonyl (C=O) groups excluding carboxylic acids is 2. The quantitative estimate of drug-likeness (QED) is 0.823. The van der Waals surface area contributed by atoms with Gasteiger partial charge in [0.2, 0.25) is 5.91 Å². The van der Waals surface area contributed by atoms with Crippen molar-refractivity contribution < 1.29 is 9.59 Å². The maximum Gasteiger partial charge on any atom is 0.254 e. The smallest absolute Gasteiger partial charge is 0.254 e. The Labute approximate surface area is 165 Å². The first-order valence-corrected chi connectivity index (χ1v) is 8.96. The van der Waals surface area contributed by atoms with E-state index in [1.165, 1.54) is 0 Å². The highest BCUT2D eigenvalue weighted by molar-refractivity contribution is 5.97. The molecule has 1 atom stereocenters. The van der Waals surface area contributed by atoms with E-state index in [9.17, 15) is 9.59 Å². The molecule has 0 bridgehead atoms. The second-order valence-electron chi connectivity index (χ2n) is 6.53. The molecule has 1 fully saturated rings. The molecule has 27 heavy (non-hydrogen) atoms. The zero-order chi connectivity index (χ0) is 18.4. The Hall–Kier alpha value is -2.44. The van der Waals surface area contributed by atoms with E-state index in [0.29, 0.717) is 17.7 Å². The highest BCUT2D eigenvalue weighted by Crippen LogP contribution is 2.19. The summed E-state index contributed by atoms with van der Waals surface area (Å²) >= 11 is 0. The lowest BCUT2D eigenvalue weighted by Crippen LogP contribution is -2.40. The molecule has 1 aliphatic rings. The Balaban J connectivity index is 0.00000261. The normalized spacial score (nSPS) is 16.7. The van der Waals surface area contributed by atoms with Gasteiger partial charge in [-0.2, -0.15) is 0 Å². The summed E-state index contributed by atoms with van der Waals surface area (Å²) in [5, 5.41) is 3.39. The van der Waals surface area contributed by atoms with Gasteiger partial charge in [0, 0.05) is 23.4 Å². The maximum absolute atomic E-state index is 13.2. The van der Waals surface area contributed by atoms with E-state index in [2.05, 4.69) is 10.3 Å². The third-order valence-electron chi connectivity index (χ3n) is 4.72. The van der Waals surface area contributed by atoms with E-state index in [1.54, 1.807) is 30.5 Å². The Bertz CT molecular complexity index is 744. The first-order chi connectivity index (χ1) is 12.6. The van der Waals surface area contributed by atoms with Crippen LogP contribution in [0.15, 0.2) is 48.7 Å². The van der Waals surface area contributed by atoms with Crippen molar-refractivity contribution in [3.8, 4) is 0 Å². The Morgan fingerprint density at radius 1 is 1.07 bits per heavy atom. The molecule has 1 aromatic heterocycles. The second kappa shape index (κ2) is 10.0. The van der Waals surface area contributed by atoms with Gasteiger partial charge in [-0.25, -0.2) is 0 Å². The molecule has 0 spiro atoms. The van der Waals surface area contributed by atoms with Crippen molar-refractivity contribution in [2.75, 3.05) is 13.1 Å². The van der Waals surface area contributed by atoms with Gasteiger partial charge in [0.25, 0.3) is 5.91 Å². The summed E-state index contributed by atoms with van der Waals surface area (Å²) in [6.07, 6.45) is 4.66. The van der Waals surface area contributed by atoms with Crippen molar-refractivity contribution in [3.05, 3.63) is 65.5 Å². The fourth-order valence-electron chi connectivity index (χ4n) is 3.29. The molecule has 0 saturated carbocycles. The molecule has 7 heteroatoms. The lowest BCUT2D eigenvalue weighted by Gasteiger charge is -2.31. The molecule has 2 aromatic rings. The van der Waals surface area contributed by atoms with E-state index in [-0.39, 0.29) is 24.4 Å². The van der Waals surface area contributed by atoms with Crippen molar-refractivity contribution in [2.24, 2.45) is 5.73 Å². The summed E-state index contributed by atoms with van der Waals surface area (Å²) in [6, 6.07) is 12.4. The van der Waals surface area contributed by atoms with E-state index in [0.717, 1.165) is 38.0 Å². The summed E-state index contributed by atoms with van der Waals surface area (Å²) in [5.41, 5.74) is 7.11. The molecule has 2 amide bonds. The number of hydrogen-bond acceptors (Lipinski definition) is 4. The molecular weight excluding hydrogens is 364 g/mol. The number of rotatable bonds is 5. The summed E-state index contributed by atoms with van der Waals surface area (Å²) in [7, 11) is 0. The highest BCUT2D eigenvalue weighted by atomic mass is 35.5. The number of benzene rings is 1.